The van der Waals surface area contributed by atoms with Gasteiger partial charge in [-0.1, -0.05) is 23.7 Å². The molecule has 7 nitrogen and oxygen atoms in total. The highest BCUT2D eigenvalue weighted by Gasteiger charge is 2.24. The molecule has 2 aromatic rings. The van der Waals surface area contributed by atoms with Gasteiger partial charge in [-0.3, -0.25) is 4.68 Å². The molecule has 1 heterocycles. The molecule has 0 aliphatic heterocycles. The van der Waals surface area contributed by atoms with Gasteiger partial charge in [0.05, 0.1) is 18.8 Å². The molecular formula is C19H29ClIN5O2. The van der Waals surface area contributed by atoms with Gasteiger partial charge >= 0.3 is 0 Å². The molecule has 9 heteroatoms. The highest BCUT2D eigenvalue weighted by atomic mass is 127. The summed E-state index contributed by atoms with van der Waals surface area (Å²) in [5.74, 6) is 0.603. The van der Waals surface area contributed by atoms with Crippen molar-refractivity contribution in [2.45, 2.75) is 25.6 Å². The number of guanidine groups is 1. The normalized spacial score (nSPS) is 14.7. The Labute approximate surface area is 188 Å². The molecule has 1 aromatic carbocycles. The maximum atomic E-state index is 10.7. The second-order valence-electron chi connectivity index (χ2n) is 6.53. The van der Waals surface area contributed by atoms with Crippen molar-refractivity contribution in [3.63, 3.8) is 0 Å². The number of nitrogens with one attached hydrogen (secondary N) is 2. The van der Waals surface area contributed by atoms with E-state index < -0.39 is 5.60 Å². The van der Waals surface area contributed by atoms with Crippen LogP contribution in [-0.4, -0.2) is 47.6 Å². The second kappa shape index (κ2) is 11.6. The van der Waals surface area contributed by atoms with E-state index in [4.69, 9.17) is 16.3 Å². The molecule has 2 unspecified atom stereocenters. The molecule has 0 aliphatic carbocycles. The fraction of sp³-hybridized carbons (Fsp3) is 0.474. The van der Waals surface area contributed by atoms with Crippen molar-refractivity contribution in [1.29, 1.82) is 0 Å². The number of hydrogen-bond acceptors (Lipinski definition) is 4. The number of aliphatic imine (C=N–C) groups is 1. The van der Waals surface area contributed by atoms with Crippen LogP contribution in [0.1, 0.15) is 31.1 Å². The summed E-state index contributed by atoms with van der Waals surface area (Å²) in [6.07, 6.45) is 3.26. The first-order valence-electron chi connectivity index (χ1n) is 8.87. The van der Waals surface area contributed by atoms with Gasteiger partial charge in [-0.2, -0.15) is 5.10 Å². The zero-order valence-electron chi connectivity index (χ0n) is 16.6. The Morgan fingerprint density at radius 1 is 1.43 bits per heavy atom. The van der Waals surface area contributed by atoms with Gasteiger partial charge in [0.1, 0.15) is 5.60 Å². The summed E-state index contributed by atoms with van der Waals surface area (Å²) < 4.78 is 7.23. The van der Waals surface area contributed by atoms with Crippen LogP contribution < -0.4 is 10.6 Å². The van der Waals surface area contributed by atoms with Crippen LogP contribution in [0.3, 0.4) is 0 Å². The average Bonchev–Trinajstić information content (AvgIpc) is 3.07. The van der Waals surface area contributed by atoms with Gasteiger partial charge in [0, 0.05) is 44.0 Å². The van der Waals surface area contributed by atoms with E-state index in [-0.39, 0.29) is 36.6 Å². The van der Waals surface area contributed by atoms with Crippen LogP contribution in [0.25, 0.3) is 0 Å². The van der Waals surface area contributed by atoms with E-state index in [0.717, 1.165) is 11.1 Å². The number of aryl methyl sites for hydroxylation is 1. The molecule has 0 saturated carbocycles. The largest absolute Gasteiger partial charge is 0.383 e. The summed E-state index contributed by atoms with van der Waals surface area (Å²) in [7, 11) is 3.47. The molecule has 2 atom stereocenters. The van der Waals surface area contributed by atoms with Gasteiger partial charge in [-0.25, -0.2) is 4.99 Å². The summed E-state index contributed by atoms with van der Waals surface area (Å²) in [5.41, 5.74) is 0.596. The quantitative estimate of drug-likeness (QED) is 0.283. The highest BCUT2D eigenvalue weighted by Crippen LogP contribution is 2.21. The predicted molar refractivity (Wildman–Crippen MR) is 123 cm³/mol. The number of benzene rings is 1. The molecule has 0 saturated heterocycles. The first-order chi connectivity index (χ1) is 12.9. The van der Waals surface area contributed by atoms with E-state index in [1.165, 1.54) is 0 Å². The second-order valence-corrected chi connectivity index (χ2v) is 6.97. The lowest BCUT2D eigenvalue weighted by molar-refractivity contribution is 0.0671. The fourth-order valence-electron chi connectivity index (χ4n) is 2.60. The SMILES string of the molecule is CCNC(=NCC(C)(O)c1cnn(C)c1)NCC(OC)c1cccc(Cl)c1.I. The van der Waals surface area contributed by atoms with Crippen molar-refractivity contribution in [2.75, 3.05) is 26.7 Å². The van der Waals surface area contributed by atoms with Crippen molar-refractivity contribution in [3.05, 3.63) is 52.8 Å². The smallest absolute Gasteiger partial charge is 0.191 e. The standard InChI is InChI=1S/C19H28ClN5O2.HI/c1-5-21-18(23-13-19(2,26)15-10-24-25(3)12-15)22-11-17(27-4)14-7-6-8-16(20)9-14;/h6-10,12,17,26H,5,11,13H2,1-4H3,(H2,21,22,23);1H. The monoisotopic (exact) mass is 521 g/mol. The molecule has 0 bridgehead atoms. The van der Waals surface area contributed by atoms with Crippen LogP contribution in [0, 0.1) is 0 Å². The predicted octanol–water partition coefficient (Wildman–Crippen LogP) is 2.84. The molecule has 28 heavy (non-hydrogen) atoms. The number of methoxy groups -OCH3 is 1. The molecule has 0 fully saturated rings. The van der Waals surface area contributed by atoms with E-state index in [2.05, 4.69) is 20.7 Å². The molecule has 3 N–H and O–H groups in total. The number of nitrogens with zero attached hydrogens (tertiary/aromatic N) is 3. The lowest BCUT2D eigenvalue weighted by atomic mass is 10.0. The first-order valence-corrected chi connectivity index (χ1v) is 9.25. The molecule has 156 valence electrons. The van der Waals surface area contributed by atoms with Crippen molar-refractivity contribution in [3.8, 4) is 0 Å². The molecule has 0 radical (unpaired) electrons. The van der Waals surface area contributed by atoms with Crippen LogP contribution in [0.4, 0.5) is 0 Å². The minimum absolute atomic E-state index is 0. The van der Waals surface area contributed by atoms with E-state index in [9.17, 15) is 5.11 Å². The van der Waals surface area contributed by atoms with Crippen LogP contribution in [-0.2, 0) is 17.4 Å². The Bertz CT molecular complexity index is 766. The molecule has 0 aliphatic rings. The van der Waals surface area contributed by atoms with Gasteiger partial charge in [0.15, 0.2) is 5.96 Å². The number of ether oxygens (including phenoxy) is 1. The lowest BCUT2D eigenvalue weighted by Crippen LogP contribution is -2.40. The Balaban J connectivity index is 0.00000392. The summed E-state index contributed by atoms with van der Waals surface area (Å²) in [4.78, 5) is 4.51. The Morgan fingerprint density at radius 3 is 2.75 bits per heavy atom. The average molecular weight is 522 g/mol. The zero-order chi connectivity index (χ0) is 19.9. The molecule has 0 amide bonds. The Kier molecular flexibility index (Phi) is 10.2. The number of aliphatic hydroxyl groups is 1. The Morgan fingerprint density at radius 2 is 2.18 bits per heavy atom. The number of rotatable bonds is 8. The van der Waals surface area contributed by atoms with E-state index in [0.29, 0.717) is 24.1 Å². The maximum Gasteiger partial charge on any atom is 0.191 e. The van der Waals surface area contributed by atoms with Crippen LogP contribution in [0.15, 0.2) is 41.7 Å². The molecule has 0 spiro atoms. The summed E-state index contributed by atoms with van der Waals surface area (Å²) in [6.45, 7) is 5.12. The number of halogens is 2. The Hall–Kier alpha value is -1.36. The van der Waals surface area contributed by atoms with E-state index in [1.54, 1.807) is 31.1 Å². The zero-order valence-corrected chi connectivity index (χ0v) is 19.7. The van der Waals surface area contributed by atoms with E-state index in [1.807, 2.05) is 38.2 Å². The first kappa shape index (κ1) is 24.7. The topological polar surface area (TPSA) is 83.7 Å². The maximum absolute atomic E-state index is 10.7. The van der Waals surface area contributed by atoms with Crippen molar-refractivity contribution in [2.24, 2.45) is 12.0 Å². The number of hydrogen-bond donors (Lipinski definition) is 3. The minimum Gasteiger partial charge on any atom is -0.383 e. The van der Waals surface area contributed by atoms with Crippen molar-refractivity contribution in [1.82, 2.24) is 20.4 Å². The van der Waals surface area contributed by atoms with E-state index >= 15 is 0 Å². The third-order valence-electron chi connectivity index (χ3n) is 4.18. The lowest BCUT2D eigenvalue weighted by Gasteiger charge is -2.22. The molecule has 2 rings (SSSR count). The van der Waals surface area contributed by atoms with Gasteiger partial charge in [0.2, 0.25) is 0 Å². The minimum atomic E-state index is -1.11. The van der Waals surface area contributed by atoms with Crippen molar-refractivity contribution < 1.29 is 9.84 Å². The fourth-order valence-corrected chi connectivity index (χ4v) is 2.80. The van der Waals surface area contributed by atoms with Crippen LogP contribution in [0.2, 0.25) is 5.02 Å². The summed E-state index contributed by atoms with van der Waals surface area (Å²) >= 11 is 6.07. The van der Waals surface area contributed by atoms with Gasteiger partial charge in [0.25, 0.3) is 0 Å². The highest BCUT2D eigenvalue weighted by molar-refractivity contribution is 14.0. The van der Waals surface area contributed by atoms with Gasteiger partial charge in [-0.05, 0) is 31.5 Å². The third kappa shape index (κ3) is 7.23. The molecule has 1 aromatic heterocycles. The van der Waals surface area contributed by atoms with Crippen molar-refractivity contribution >= 4 is 41.5 Å². The van der Waals surface area contributed by atoms with Crippen LogP contribution in [0.5, 0.6) is 0 Å². The van der Waals surface area contributed by atoms with Gasteiger partial charge in [-0.15, -0.1) is 24.0 Å². The van der Waals surface area contributed by atoms with Gasteiger partial charge < -0.3 is 20.5 Å². The number of aromatic nitrogens is 2. The molecular weight excluding hydrogens is 493 g/mol. The summed E-state index contributed by atoms with van der Waals surface area (Å²) in [5, 5.41) is 21.9. The third-order valence-corrected chi connectivity index (χ3v) is 4.41. The van der Waals surface area contributed by atoms with Crippen LogP contribution >= 0.6 is 35.6 Å². The summed E-state index contributed by atoms with van der Waals surface area (Å²) in [6, 6.07) is 7.58.